The van der Waals surface area contributed by atoms with Gasteiger partial charge in [0, 0.05) is 26.1 Å². The summed E-state index contributed by atoms with van der Waals surface area (Å²) < 4.78 is 28.7. The van der Waals surface area contributed by atoms with Gasteiger partial charge in [-0.3, -0.25) is 9.69 Å². The van der Waals surface area contributed by atoms with Gasteiger partial charge in [-0.05, 0) is 24.0 Å². The van der Waals surface area contributed by atoms with E-state index in [0.717, 1.165) is 24.2 Å². The molecule has 2 aromatic rings. The lowest BCUT2D eigenvalue weighted by molar-refractivity contribution is -0.0498. The number of benzene rings is 1. The zero-order chi connectivity index (χ0) is 17.1. The van der Waals surface area contributed by atoms with Crippen LogP contribution in [-0.4, -0.2) is 34.3 Å². The number of H-pyrrole nitrogens is 1. The molecule has 0 amide bonds. The minimum absolute atomic E-state index is 0.0882. The summed E-state index contributed by atoms with van der Waals surface area (Å²) >= 11 is 1.42. The summed E-state index contributed by atoms with van der Waals surface area (Å²) in [7, 11) is 0. The molecule has 1 N–H and O–H groups in total. The van der Waals surface area contributed by atoms with Crippen molar-refractivity contribution in [2.75, 3.05) is 12.8 Å². The Morgan fingerprint density at radius 1 is 1.38 bits per heavy atom. The van der Waals surface area contributed by atoms with Gasteiger partial charge in [0.1, 0.15) is 5.75 Å². The zero-order valence-corrected chi connectivity index (χ0v) is 13.9. The second kappa shape index (κ2) is 7.31. The molecule has 0 saturated carbocycles. The molecule has 2 heterocycles. The number of thioether (sulfide) groups is 1. The summed E-state index contributed by atoms with van der Waals surface area (Å²) in [5, 5.41) is 0.641. The number of nitrogens with zero attached hydrogens (tertiary/aromatic N) is 2. The van der Waals surface area contributed by atoms with E-state index >= 15 is 0 Å². The minimum Gasteiger partial charge on any atom is -0.435 e. The van der Waals surface area contributed by atoms with Crippen molar-refractivity contribution < 1.29 is 13.5 Å². The molecule has 1 aromatic carbocycles. The molecule has 0 aliphatic carbocycles. The fourth-order valence-corrected chi connectivity index (χ4v) is 3.12. The molecule has 1 aromatic heterocycles. The van der Waals surface area contributed by atoms with Crippen molar-refractivity contribution >= 4 is 11.8 Å². The average molecular weight is 353 g/mol. The van der Waals surface area contributed by atoms with Crippen molar-refractivity contribution in [3.05, 3.63) is 51.4 Å². The Kier molecular flexibility index (Phi) is 5.15. The van der Waals surface area contributed by atoms with Crippen LogP contribution in [0.2, 0.25) is 0 Å². The Morgan fingerprint density at radius 3 is 2.79 bits per heavy atom. The normalized spacial score (nSPS) is 14.7. The Balaban J connectivity index is 1.69. The fraction of sp³-hybridized carbons (Fsp3) is 0.375. The van der Waals surface area contributed by atoms with Crippen molar-refractivity contribution in [2.24, 2.45) is 0 Å². The summed E-state index contributed by atoms with van der Waals surface area (Å²) in [5.41, 5.74) is 2.46. The molecule has 1 aliphatic heterocycles. The Hall–Kier alpha value is -1.93. The third kappa shape index (κ3) is 3.93. The molecule has 3 rings (SSSR count). The minimum atomic E-state index is -2.82. The SMILES string of the molecule is CSc1nc2c(c(=O)[nH]1)CN(Cc1ccc(OC(F)F)cc1)CC2. The predicted molar refractivity (Wildman–Crippen MR) is 87.5 cm³/mol. The number of halogens is 2. The molecule has 5 nitrogen and oxygen atoms in total. The highest BCUT2D eigenvalue weighted by atomic mass is 32.2. The van der Waals surface area contributed by atoms with Crippen molar-refractivity contribution in [1.29, 1.82) is 0 Å². The molecule has 0 atom stereocenters. The number of rotatable bonds is 5. The first-order chi connectivity index (χ1) is 11.5. The summed E-state index contributed by atoms with van der Waals surface area (Å²) in [6.45, 7) is -0.855. The van der Waals surface area contributed by atoms with Crippen LogP contribution in [0.4, 0.5) is 8.78 Å². The van der Waals surface area contributed by atoms with Crippen LogP contribution in [0.25, 0.3) is 0 Å². The van der Waals surface area contributed by atoms with Crippen LogP contribution in [0.5, 0.6) is 5.75 Å². The highest BCUT2D eigenvalue weighted by Crippen LogP contribution is 2.20. The van der Waals surface area contributed by atoms with Crippen LogP contribution in [0.3, 0.4) is 0 Å². The second-order valence-corrected chi connectivity index (χ2v) is 6.28. The topological polar surface area (TPSA) is 58.2 Å². The molecule has 0 fully saturated rings. The number of aromatic amines is 1. The third-order valence-electron chi connectivity index (χ3n) is 3.87. The lowest BCUT2D eigenvalue weighted by atomic mass is 10.1. The number of aromatic nitrogens is 2. The van der Waals surface area contributed by atoms with E-state index in [0.29, 0.717) is 23.8 Å². The highest BCUT2D eigenvalue weighted by Gasteiger charge is 2.21. The van der Waals surface area contributed by atoms with Crippen LogP contribution in [0.1, 0.15) is 16.8 Å². The number of ether oxygens (including phenoxy) is 1. The van der Waals surface area contributed by atoms with E-state index < -0.39 is 6.61 Å². The average Bonchev–Trinajstić information content (AvgIpc) is 2.56. The van der Waals surface area contributed by atoms with Crippen molar-refractivity contribution in [3.8, 4) is 5.75 Å². The molecule has 128 valence electrons. The van der Waals surface area contributed by atoms with E-state index in [1.807, 2.05) is 6.26 Å². The molecule has 0 radical (unpaired) electrons. The van der Waals surface area contributed by atoms with Gasteiger partial charge in [0.2, 0.25) is 0 Å². The van der Waals surface area contributed by atoms with Gasteiger partial charge in [0.25, 0.3) is 5.56 Å². The van der Waals surface area contributed by atoms with Crippen LogP contribution < -0.4 is 10.3 Å². The molecule has 0 saturated heterocycles. The van der Waals surface area contributed by atoms with Gasteiger partial charge in [-0.2, -0.15) is 8.78 Å². The monoisotopic (exact) mass is 353 g/mol. The number of nitrogens with one attached hydrogen (secondary N) is 1. The van der Waals surface area contributed by atoms with E-state index in [4.69, 9.17) is 0 Å². The standard InChI is InChI=1S/C16H17F2N3O2S/c1-24-16-19-13-6-7-21(9-12(13)14(22)20-16)8-10-2-4-11(5-3-10)23-15(17)18/h2-5,15H,6-9H2,1H3,(H,19,20,22). The lowest BCUT2D eigenvalue weighted by Gasteiger charge is -2.27. The zero-order valence-electron chi connectivity index (χ0n) is 13.1. The molecule has 0 unspecified atom stereocenters. The van der Waals surface area contributed by atoms with E-state index in [-0.39, 0.29) is 11.3 Å². The summed E-state index contributed by atoms with van der Waals surface area (Å²) in [6.07, 6.45) is 2.60. The van der Waals surface area contributed by atoms with Gasteiger partial charge in [0.05, 0.1) is 11.3 Å². The van der Waals surface area contributed by atoms with Crippen LogP contribution in [0.15, 0.2) is 34.2 Å². The smallest absolute Gasteiger partial charge is 0.387 e. The van der Waals surface area contributed by atoms with Crippen molar-refractivity contribution in [3.63, 3.8) is 0 Å². The van der Waals surface area contributed by atoms with E-state index in [2.05, 4.69) is 19.6 Å². The number of hydrogen-bond acceptors (Lipinski definition) is 5. The van der Waals surface area contributed by atoms with Gasteiger partial charge < -0.3 is 9.72 Å². The van der Waals surface area contributed by atoms with Gasteiger partial charge in [-0.1, -0.05) is 23.9 Å². The van der Waals surface area contributed by atoms with Gasteiger partial charge >= 0.3 is 6.61 Å². The van der Waals surface area contributed by atoms with Gasteiger partial charge in [-0.15, -0.1) is 0 Å². The maximum absolute atomic E-state index is 12.2. The number of fused-ring (bicyclic) bond motifs is 1. The lowest BCUT2D eigenvalue weighted by Crippen LogP contribution is -2.35. The Labute approximate surface area is 142 Å². The first-order valence-electron chi connectivity index (χ1n) is 7.47. The first-order valence-corrected chi connectivity index (χ1v) is 8.70. The van der Waals surface area contributed by atoms with Crippen LogP contribution in [-0.2, 0) is 19.5 Å². The van der Waals surface area contributed by atoms with Crippen molar-refractivity contribution in [2.45, 2.75) is 31.3 Å². The molecule has 8 heteroatoms. The van der Waals surface area contributed by atoms with E-state index in [1.54, 1.807) is 12.1 Å². The summed E-state index contributed by atoms with van der Waals surface area (Å²) in [6, 6.07) is 6.57. The molecule has 1 aliphatic rings. The van der Waals surface area contributed by atoms with Crippen LogP contribution in [0, 0.1) is 0 Å². The summed E-state index contributed by atoms with van der Waals surface area (Å²) in [5.74, 6) is 0.142. The Morgan fingerprint density at radius 2 is 2.12 bits per heavy atom. The largest absolute Gasteiger partial charge is 0.435 e. The predicted octanol–water partition coefficient (Wildman–Crippen LogP) is 2.65. The molecular formula is C16H17F2N3O2S. The number of hydrogen-bond donors (Lipinski definition) is 1. The summed E-state index contributed by atoms with van der Waals surface area (Å²) in [4.78, 5) is 21.5. The molecular weight excluding hydrogens is 336 g/mol. The fourth-order valence-electron chi connectivity index (χ4n) is 2.72. The van der Waals surface area contributed by atoms with Crippen LogP contribution >= 0.6 is 11.8 Å². The second-order valence-electron chi connectivity index (χ2n) is 5.48. The van der Waals surface area contributed by atoms with E-state index in [9.17, 15) is 13.6 Å². The third-order valence-corrected chi connectivity index (χ3v) is 4.45. The molecule has 0 spiro atoms. The van der Waals surface area contributed by atoms with Gasteiger partial charge in [0.15, 0.2) is 5.16 Å². The van der Waals surface area contributed by atoms with E-state index in [1.165, 1.54) is 23.9 Å². The quantitative estimate of drug-likeness (QED) is 0.662. The molecule has 24 heavy (non-hydrogen) atoms. The highest BCUT2D eigenvalue weighted by molar-refractivity contribution is 7.98. The Bertz CT molecular complexity index is 765. The maximum Gasteiger partial charge on any atom is 0.387 e. The van der Waals surface area contributed by atoms with Crippen molar-refractivity contribution in [1.82, 2.24) is 14.9 Å². The first kappa shape index (κ1) is 16.9. The maximum atomic E-state index is 12.2. The molecule has 0 bridgehead atoms. The number of alkyl halides is 2. The van der Waals surface area contributed by atoms with Gasteiger partial charge in [-0.25, -0.2) is 4.98 Å².